The fourth-order valence-corrected chi connectivity index (χ4v) is 3.53. The number of ether oxygens (including phenoxy) is 2. The molecule has 1 N–H and O–H groups in total. The predicted molar refractivity (Wildman–Crippen MR) is 104 cm³/mol. The minimum Gasteiger partial charge on any atom is -0.486 e. The topological polar surface area (TPSA) is 59.5 Å². The van der Waals surface area contributed by atoms with Crippen LogP contribution in [0.25, 0.3) is 0 Å². The third kappa shape index (κ3) is 3.26. The third-order valence-electron chi connectivity index (χ3n) is 4.89. The Morgan fingerprint density at radius 2 is 1.78 bits per heavy atom. The molecular formula is C21H20N4O2. The second-order valence-corrected chi connectivity index (χ2v) is 6.66. The quantitative estimate of drug-likeness (QED) is 0.771. The van der Waals surface area contributed by atoms with Crippen LogP contribution in [0, 0.1) is 0 Å². The fourth-order valence-electron chi connectivity index (χ4n) is 3.53. The first-order chi connectivity index (χ1) is 13.3. The summed E-state index contributed by atoms with van der Waals surface area (Å²) in [5, 5.41) is 3.27. The van der Waals surface area contributed by atoms with E-state index in [1.54, 1.807) is 6.20 Å². The molecule has 2 aliphatic heterocycles. The van der Waals surface area contributed by atoms with Crippen LogP contribution in [-0.4, -0.2) is 29.7 Å². The summed E-state index contributed by atoms with van der Waals surface area (Å²) < 4.78 is 11.2. The molecule has 5 rings (SSSR count). The fraction of sp³-hybridized carbons (Fsp3) is 0.238. The number of anilines is 3. The molecule has 6 heteroatoms. The van der Waals surface area contributed by atoms with E-state index in [4.69, 9.17) is 14.5 Å². The van der Waals surface area contributed by atoms with E-state index in [2.05, 4.69) is 39.5 Å². The summed E-state index contributed by atoms with van der Waals surface area (Å²) in [7, 11) is 0. The lowest BCUT2D eigenvalue weighted by molar-refractivity contribution is 0.171. The Kier molecular flexibility index (Phi) is 4.01. The number of rotatable bonds is 3. The molecule has 0 atom stereocenters. The highest BCUT2D eigenvalue weighted by molar-refractivity contribution is 5.61. The molecule has 3 aromatic rings. The van der Waals surface area contributed by atoms with Gasteiger partial charge in [-0.2, -0.15) is 4.98 Å². The van der Waals surface area contributed by atoms with Crippen molar-refractivity contribution in [3.8, 4) is 11.5 Å². The van der Waals surface area contributed by atoms with Crippen molar-refractivity contribution < 1.29 is 9.47 Å². The van der Waals surface area contributed by atoms with Gasteiger partial charge < -0.3 is 19.7 Å². The van der Waals surface area contributed by atoms with Gasteiger partial charge in [0.2, 0.25) is 5.95 Å². The van der Waals surface area contributed by atoms with E-state index in [-0.39, 0.29) is 0 Å². The summed E-state index contributed by atoms with van der Waals surface area (Å²) >= 11 is 0. The molecular weight excluding hydrogens is 340 g/mol. The minimum atomic E-state index is 0.568. The maximum absolute atomic E-state index is 5.64. The molecule has 0 amide bonds. The van der Waals surface area contributed by atoms with E-state index in [0.29, 0.717) is 19.2 Å². The highest BCUT2D eigenvalue weighted by atomic mass is 16.6. The van der Waals surface area contributed by atoms with Crippen molar-refractivity contribution in [2.24, 2.45) is 0 Å². The molecule has 0 spiro atoms. The standard InChI is InChI=1S/C21H20N4O2/c1-2-4-16-14-25(10-8-15(16)3-1)20-7-9-22-21(24-20)23-17-5-6-18-19(13-17)27-12-11-26-18/h1-7,9,13H,8,10-12,14H2,(H,22,23,24). The van der Waals surface area contributed by atoms with Crippen LogP contribution in [0.5, 0.6) is 11.5 Å². The van der Waals surface area contributed by atoms with E-state index in [1.165, 1.54) is 11.1 Å². The normalized spacial score (nSPS) is 15.2. The van der Waals surface area contributed by atoms with Crippen molar-refractivity contribution in [3.63, 3.8) is 0 Å². The molecule has 0 unspecified atom stereocenters. The molecule has 2 aliphatic rings. The molecule has 6 nitrogen and oxygen atoms in total. The van der Waals surface area contributed by atoms with Gasteiger partial charge in [-0.3, -0.25) is 0 Å². The second-order valence-electron chi connectivity index (χ2n) is 6.66. The van der Waals surface area contributed by atoms with Crippen molar-refractivity contribution in [2.75, 3.05) is 30.0 Å². The minimum absolute atomic E-state index is 0.568. The van der Waals surface area contributed by atoms with Gasteiger partial charge in [0, 0.05) is 31.0 Å². The average molecular weight is 360 g/mol. The first-order valence-electron chi connectivity index (χ1n) is 9.17. The van der Waals surface area contributed by atoms with Crippen LogP contribution in [0.2, 0.25) is 0 Å². The van der Waals surface area contributed by atoms with Crippen molar-refractivity contribution in [2.45, 2.75) is 13.0 Å². The van der Waals surface area contributed by atoms with Gasteiger partial charge >= 0.3 is 0 Å². The van der Waals surface area contributed by atoms with Gasteiger partial charge in [-0.15, -0.1) is 0 Å². The average Bonchev–Trinajstić information content (AvgIpc) is 2.73. The van der Waals surface area contributed by atoms with Crippen molar-refractivity contribution >= 4 is 17.5 Å². The molecule has 0 saturated carbocycles. The summed E-state index contributed by atoms with van der Waals surface area (Å²) in [6, 6.07) is 16.3. The lowest BCUT2D eigenvalue weighted by Crippen LogP contribution is -2.31. The smallest absolute Gasteiger partial charge is 0.229 e. The van der Waals surface area contributed by atoms with Gasteiger partial charge in [-0.05, 0) is 35.7 Å². The van der Waals surface area contributed by atoms with Crippen LogP contribution in [0.3, 0.4) is 0 Å². The van der Waals surface area contributed by atoms with Crippen LogP contribution in [0.1, 0.15) is 11.1 Å². The zero-order valence-corrected chi connectivity index (χ0v) is 14.9. The number of nitrogens with one attached hydrogen (secondary N) is 1. The molecule has 136 valence electrons. The Labute approximate surface area is 157 Å². The van der Waals surface area contributed by atoms with Gasteiger partial charge in [-0.25, -0.2) is 4.98 Å². The second kappa shape index (κ2) is 6.79. The van der Waals surface area contributed by atoms with E-state index in [9.17, 15) is 0 Å². The highest BCUT2D eigenvalue weighted by Gasteiger charge is 2.18. The zero-order valence-electron chi connectivity index (χ0n) is 14.9. The molecule has 0 bridgehead atoms. The SMILES string of the molecule is c1ccc2c(c1)CCN(c1ccnc(Nc3ccc4c(c3)OCCO4)n1)C2. The van der Waals surface area contributed by atoms with E-state index >= 15 is 0 Å². The molecule has 0 saturated heterocycles. The lowest BCUT2D eigenvalue weighted by Gasteiger charge is -2.29. The monoisotopic (exact) mass is 360 g/mol. The number of fused-ring (bicyclic) bond motifs is 2. The number of hydrogen-bond donors (Lipinski definition) is 1. The molecule has 0 aliphatic carbocycles. The number of hydrogen-bond acceptors (Lipinski definition) is 6. The Bertz CT molecular complexity index is 976. The predicted octanol–water partition coefficient (Wildman–Crippen LogP) is 3.55. The molecule has 0 fully saturated rings. The molecule has 2 aromatic carbocycles. The van der Waals surface area contributed by atoms with Gasteiger partial charge in [-0.1, -0.05) is 24.3 Å². The van der Waals surface area contributed by atoms with Crippen molar-refractivity contribution in [3.05, 3.63) is 65.9 Å². The Morgan fingerprint density at radius 1 is 0.926 bits per heavy atom. The van der Waals surface area contributed by atoms with Gasteiger partial charge in [0.25, 0.3) is 0 Å². The lowest BCUT2D eigenvalue weighted by atomic mass is 10.00. The first-order valence-corrected chi connectivity index (χ1v) is 9.17. The maximum Gasteiger partial charge on any atom is 0.229 e. The molecule has 3 heterocycles. The van der Waals surface area contributed by atoms with Crippen LogP contribution >= 0.6 is 0 Å². The van der Waals surface area contributed by atoms with Crippen molar-refractivity contribution in [1.29, 1.82) is 0 Å². The van der Waals surface area contributed by atoms with E-state index in [0.717, 1.165) is 42.5 Å². The Morgan fingerprint density at radius 3 is 2.70 bits per heavy atom. The van der Waals surface area contributed by atoms with E-state index < -0.39 is 0 Å². The number of nitrogens with zero attached hydrogens (tertiary/aromatic N) is 3. The van der Waals surface area contributed by atoms with Crippen molar-refractivity contribution in [1.82, 2.24) is 9.97 Å². The summed E-state index contributed by atoms with van der Waals surface area (Å²) in [6.45, 7) is 2.98. The van der Waals surface area contributed by atoms with Gasteiger partial charge in [0.1, 0.15) is 19.0 Å². The van der Waals surface area contributed by atoms with Crippen LogP contribution < -0.4 is 19.7 Å². The Balaban J connectivity index is 1.35. The van der Waals surface area contributed by atoms with Gasteiger partial charge in [0.05, 0.1) is 0 Å². The third-order valence-corrected chi connectivity index (χ3v) is 4.89. The summed E-state index contributed by atoms with van der Waals surface area (Å²) in [4.78, 5) is 11.4. The summed E-state index contributed by atoms with van der Waals surface area (Å²) in [5.41, 5.74) is 3.67. The highest BCUT2D eigenvalue weighted by Crippen LogP contribution is 2.33. The molecule has 1 aromatic heterocycles. The van der Waals surface area contributed by atoms with E-state index in [1.807, 2.05) is 24.3 Å². The summed E-state index contributed by atoms with van der Waals surface area (Å²) in [6.07, 6.45) is 2.83. The summed E-state index contributed by atoms with van der Waals surface area (Å²) in [5.74, 6) is 3.02. The first kappa shape index (κ1) is 15.9. The van der Waals surface area contributed by atoms with Crippen LogP contribution in [0.4, 0.5) is 17.5 Å². The van der Waals surface area contributed by atoms with Crippen LogP contribution in [-0.2, 0) is 13.0 Å². The number of benzene rings is 2. The number of aromatic nitrogens is 2. The van der Waals surface area contributed by atoms with Gasteiger partial charge in [0.15, 0.2) is 11.5 Å². The largest absolute Gasteiger partial charge is 0.486 e. The maximum atomic E-state index is 5.64. The Hall–Kier alpha value is -3.28. The molecule has 0 radical (unpaired) electrons. The van der Waals surface area contributed by atoms with Crippen LogP contribution in [0.15, 0.2) is 54.7 Å². The zero-order chi connectivity index (χ0) is 18.1. The molecule has 27 heavy (non-hydrogen) atoms.